The van der Waals surface area contributed by atoms with Crippen LogP contribution in [-0.4, -0.2) is 10.2 Å². The number of halogens is 1. The van der Waals surface area contributed by atoms with Gasteiger partial charge < -0.3 is 5.32 Å². The number of aromatic amines is 1. The van der Waals surface area contributed by atoms with Crippen molar-refractivity contribution in [3.05, 3.63) is 46.2 Å². The lowest BCUT2D eigenvalue weighted by Crippen LogP contribution is -2.01. The Balaban J connectivity index is 2.15. The minimum Gasteiger partial charge on any atom is -0.378 e. The molecule has 1 heterocycles. The molecule has 0 amide bonds. The van der Waals surface area contributed by atoms with Crippen LogP contribution in [0.25, 0.3) is 0 Å². The van der Waals surface area contributed by atoms with Crippen molar-refractivity contribution in [1.82, 2.24) is 10.2 Å². The second kappa shape index (κ2) is 4.81. The quantitative estimate of drug-likeness (QED) is 0.906. The molecule has 0 aliphatic rings. The Morgan fingerprint density at radius 2 is 2.31 bits per heavy atom. The van der Waals surface area contributed by atoms with Crippen molar-refractivity contribution in [1.29, 1.82) is 5.26 Å². The standard InChI is InChI=1S/C11H9BrN4/c12-9-2-1-8(6-13)11(5-9)14-7-10-3-4-15-16-10/h1-5,14H,7H2,(H,15,16). The molecule has 0 atom stereocenters. The van der Waals surface area contributed by atoms with Crippen LogP contribution in [0.1, 0.15) is 11.3 Å². The predicted molar refractivity (Wildman–Crippen MR) is 64.8 cm³/mol. The Kier molecular flexibility index (Phi) is 3.22. The molecule has 0 aliphatic heterocycles. The van der Waals surface area contributed by atoms with Crippen LogP contribution in [0.5, 0.6) is 0 Å². The molecule has 4 nitrogen and oxygen atoms in total. The maximum absolute atomic E-state index is 8.94. The first-order valence-electron chi connectivity index (χ1n) is 4.71. The molecule has 16 heavy (non-hydrogen) atoms. The molecule has 0 spiro atoms. The Morgan fingerprint density at radius 1 is 1.44 bits per heavy atom. The number of H-pyrrole nitrogens is 1. The van der Waals surface area contributed by atoms with Gasteiger partial charge in [0, 0.05) is 10.7 Å². The topological polar surface area (TPSA) is 64.5 Å². The van der Waals surface area contributed by atoms with Crippen LogP contribution in [0.2, 0.25) is 0 Å². The van der Waals surface area contributed by atoms with Crippen molar-refractivity contribution in [3.63, 3.8) is 0 Å². The minimum atomic E-state index is 0.616. The second-order valence-electron chi connectivity index (χ2n) is 3.24. The smallest absolute Gasteiger partial charge is 0.101 e. The molecule has 5 heteroatoms. The molecular formula is C11H9BrN4. The van der Waals surface area contributed by atoms with E-state index in [2.05, 4.69) is 37.5 Å². The van der Waals surface area contributed by atoms with Gasteiger partial charge in [0.15, 0.2) is 0 Å². The zero-order valence-electron chi connectivity index (χ0n) is 8.37. The van der Waals surface area contributed by atoms with Crippen LogP contribution < -0.4 is 5.32 Å². The monoisotopic (exact) mass is 276 g/mol. The summed E-state index contributed by atoms with van der Waals surface area (Å²) in [4.78, 5) is 0. The first-order chi connectivity index (χ1) is 7.79. The van der Waals surface area contributed by atoms with E-state index in [1.165, 1.54) is 0 Å². The van der Waals surface area contributed by atoms with E-state index in [-0.39, 0.29) is 0 Å². The molecule has 1 aromatic carbocycles. The third-order valence-electron chi connectivity index (χ3n) is 2.13. The second-order valence-corrected chi connectivity index (χ2v) is 4.15. The molecule has 0 saturated heterocycles. The summed E-state index contributed by atoms with van der Waals surface area (Å²) in [5.41, 5.74) is 2.41. The number of hydrogen-bond donors (Lipinski definition) is 2. The average molecular weight is 277 g/mol. The molecular weight excluding hydrogens is 268 g/mol. The maximum Gasteiger partial charge on any atom is 0.101 e. The first kappa shape index (κ1) is 10.7. The molecule has 80 valence electrons. The van der Waals surface area contributed by atoms with E-state index in [1.807, 2.05) is 18.2 Å². The van der Waals surface area contributed by atoms with Gasteiger partial charge in [0.1, 0.15) is 6.07 Å². The van der Waals surface area contributed by atoms with Gasteiger partial charge in [-0.3, -0.25) is 5.10 Å². The highest BCUT2D eigenvalue weighted by atomic mass is 79.9. The summed E-state index contributed by atoms with van der Waals surface area (Å²) >= 11 is 3.37. The maximum atomic E-state index is 8.94. The van der Waals surface area contributed by atoms with E-state index in [4.69, 9.17) is 5.26 Å². The molecule has 2 N–H and O–H groups in total. The van der Waals surface area contributed by atoms with Gasteiger partial charge in [0.2, 0.25) is 0 Å². The normalized spacial score (nSPS) is 9.75. The van der Waals surface area contributed by atoms with E-state index < -0.39 is 0 Å². The number of aromatic nitrogens is 2. The molecule has 0 aliphatic carbocycles. The lowest BCUT2D eigenvalue weighted by Gasteiger charge is -2.07. The fourth-order valence-electron chi connectivity index (χ4n) is 1.33. The van der Waals surface area contributed by atoms with Gasteiger partial charge in [-0.25, -0.2) is 0 Å². The third kappa shape index (κ3) is 2.41. The highest BCUT2D eigenvalue weighted by molar-refractivity contribution is 9.10. The number of benzene rings is 1. The Morgan fingerprint density at radius 3 is 3.00 bits per heavy atom. The molecule has 0 fully saturated rings. The number of hydrogen-bond acceptors (Lipinski definition) is 3. The summed E-state index contributed by atoms with van der Waals surface area (Å²) in [6.07, 6.45) is 1.70. The zero-order valence-corrected chi connectivity index (χ0v) is 9.95. The Hall–Kier alpha value is -1.80. The molecule has 2 aromatic rings. The summed E-state index contributed by atoms with van der Waals surface area (Å²) in [5.74, 6) is 0. The molecule has 0 radical (unpaired) electrons. The minimum absolute atomic E-state index is 0.616. The number of anilines is 1. The van der Waals surface area contributed by atoms with Crippen molar-refractivity contribution in [3.8, 4) is 6.07 Å². The van der Waals surface area contributed by atoms with Crippen molar-refractivity contribution in [2.75, 3.05) is 5.32 Å². The van der Waals surface area contributed by atoms with E-state index in [1.54, 1.807) is 12.3 Å². The van der Waals surface area contributed by atoms with Crippen LogP contribution in [0.15, 0.2) is 34.9 Å². The van der Waals surface area contributed by atoms with Gasteiger partial charge in [-0.2, -0.15) is 10.4 Å². The number of rotatable bonds is 3. The lowest BCUT2D eigenvalue weighted by atomic mass is 10.2. The van der Waals surface area contributed by atoms with Crippen molar-refractivity contribution < 1.29 is 0 Å². The van der Waals surface area contributed by atoms with Crippen LogP contribution >= 0.6 is 15.9 Å². The van der Waals surface area contributed by atoms with Gasteiger partial charge in [-0.1, -0.05) is 15.9 Å². The van der Waals surface area contributed by atoms with Gasteiger partial charge >= 0.3 is 0 Å². The summed E-state index contributed by atoms with van der Waals surface area (Å²) in [6.45, 7) is 0.616. The molecule has 1 aromatic heterocycles. The molecule has 0 unspecified atom stereocenters. The third-order valence-corrected chi connectivity index (χ3v) is 2.62. The number of nitrogens with zero attached hydrogens (tertiary/aromatic N) is 2. The van der Waals surface area contributed by atoms with E-state index in [0.29, 0.717) is 12.1 Å². The van der Waals surface area contributed by atoms with E-state index >= 15 is 0 Å². The van der Waals surface area contributed by atoms with Crippen LogP contribution in [-0.2, 0) is 6.54 Å². The van der Waals surface area contributed by atoms with Crippen molar-refractivity contribution in [2.45, 2.75) is 6.54 Å². The van der Waals surface area contributed by atoms with Crippen molar-refractivity contribution >= 4 is 21.6 Å². The SMILES string of the molecule is N#Cc1ccc(Br)cc1NCc1ccn[nH]1. The summed E-state index contributed by atoms with van der Waals surface area (Å²) in [5, 5.41) is 18.8. The molecule has 0 saturated carbocycles. The fourth-order valence-corrected chi connectivity index (χ4v) is 1.69. The van der Waals surface area contributed by atoms with Crippen LogP contribution in [0, 0.1) is 11.3 Å². The largest absolute Gasteiger partial charge is 0.378 e. The average Bonchev–Trinajstić information content (AvgIpc) is 2.79. The van der Waals surface area contributed by atoms with E-state index in [0.717, 1.165) is 15.9 Å². The summed E-state index contributed by atoms with van der Waals surface area (Å²) in [7, 11) is 0. The lowest BCUT2D eigenvalue weighted by molar-refractivity contribution is 0.981. The highest BCUT2D eigenvalue weighted by Crippen LogP contribution is 2.21. The first-order valence-corrected chi connectivity index (χ1v) is 5.50. The van der Waals surface area contributed by atoms with Crippen LogP contribution in [0.3, 0.4) is 0 Å². The Labute approximate surface area is 101 Å². The van der Waals surface area contributed by atoms with Gasteiger partial charge in [-0.15, -0.1) is 0 Å². The Bertz CT molecular complexity index is 513. The zero-order chi connectivity index (χ0) is 11.4. The summed E-state index contributed by atoms with van der Waals surface area (Å²) < 4.78 is 0.943. The molecule has 0 bridgehead atoms. The predicted octanol–water partition coefficient (Wildman–Crippen LogP) is 2.66. The number of nitrogens with one attached hydrogen (secondary N) is 2. The molecule has 2 rings (SSSR count). The number of nitriles is 1. The van der Waals surface area contributed by atoms with Gasteiger partial charge in [0.25, 0.3) is 0 Å². The van der Waals surface area contributed by atoms with Crippen molar-refractivity contribution in [2.24, 2.45) is 0 Å². The van der Waals surface area contributed by atoms with Gasteiger partial charge in [-0.05, 0) is 24.3 Å². The fraction of sp³-hybridized carbons (Fsp3) is 0.0909. The summed E-state index contributed by atoms with van der Waals surface area (Å²) in [6, 6.07) is 9.54. The van der Waals surface area contributed by atoms with E-state index in [9.17, 15) is 0 Å². The highest BCUT2D eigenvalue weighted by Gasteiger charge is 2.02. The van der Waals surface area contributed by atoms with Crippen LogP contribution in [0.4, 0.5) is 5.69 Å². The van der Waals surface area contributed by atoms with Gasteiger partial charge in [0.05, 0.1) is 23.5 Å².